The first kappa shape index (κ1) is 11.2. The average Bonchev–Trinajstić information content (AvgIpc) is 2.22. The van der Waals surface area contributed by atoms with Crippen LogP contribution in [0.25, 0.3) is 0 Å². The van der Waals surface area contributed by atoms with Gasteiger partial charge in [0.2, 0.25) is 5.91 Å². The van der Waals surface area contributed by atoms with E-state index in [1.165, 1.54) is 20.3 Å². The van der Waals surface area contributed by atoms with Crippen molar-refractivity contribution in [1.82, 2.24) is 9.13 Å². The van der Waals surface area contributed by atoms with E-state index in [9.17, 15) is 14.4 Å². The Morgan fingerprint density at radius 2 is 2.07 bits per heavy atom. The highest BCUT2D eigenvalue weighted by Crippen LogP contribution is 1.94. The summed E-state index contributed by atoms with van der Waals surface area (Å²) in [6.07, 6.45) is 1.21. The summed E-state index contributed by atoms with van der Waals surface area (Å²) >= 11 is 0. The first-order chi connectivity index (χ1) is 6.97. The van der Waals surface area contributed by atoms with Gasteiger partial charge in [-0.05, 0) is 0 Å². The molecule has 0 saturated heterocycles. The van der Waals surface area contributed by atoms with Gasteiger partial charge in [0, 0.05) is 20.3 Å². The number of carbonyl (C=O) groups excluding carboxylic acids is 1. The van der Waals surface area contributed by atoms with Crippen molar-refractivity contribution in [3.8, 4) is 0 Å². The highest BCUT2D eigenvalue weighted by atomic mass is 16.3. The number of amides is 1. The van der Waals surface area contributed by atoms with Crippen molar-refractivity contribution in [3.05, 3.63) is 27.0 Å². The minimum Gasteiger partial charge on any atom is -0.387 e. The number of aryl methyl sites for hydroxylation is 1. The molecular weight excluding hydrogens is 202 g/mol. The van der Waals surface area contributed by atoms with Crippen LogP contribution in [0, 0.1) is 0 Å². The van der Waals surface area contributed by atoms with Gasteiger partial charge in [0.15, 0.2) is 0 Å². The van der Waals surface area contributed by atoms with Crippen LogP contribution >= 0.6 is 0 Å². The predicted octanol–water partition coefficient (Wildman–Crippen LogP) is -1.99. The number of anilines is 1. The fourth-order valence-electron chi connectivity index (χ4n) is 1.08. The average molecular weight is 213 g/mol. The minimum absolute atomic E-state index is 0.0429. The van der Waals surface area contributed by atoms with Crippen LogP contribution in [0.1, 0.15) is 0 Å². The normalized spacial score (nSPS) is 10.1. The summed E-state index contributed by atoms with van der Waals surface area (Å²) in [5, 5.41) is 10.7. The van der Waals surface area contributed by atoms with E-state index in [1.807, 2.05) is 0 Å². The molecule has 0 radical (unpaired) electrons. The number of aromatic nitrogens is 2. The summed E-state index contributed by atoms with van der Waals surface area (Å²) in [4.78, 5) is 33.6. The van der Waals surface area contributed by atoms with Crippen LogP contribution in [0.4, 0.5) is 5.69 Å². The van der Waals surface area contributed by atoms with Crippen LogP contribution in [0.3, 0.4) is 0 Å². The number of aliphatic hydroxyl groups excluding tert-OH is 1. The van der Waals surface area contributed by atoms with Gasteiger partial charge < -0.3 is 15.0 Å². The smallest absolute Gasteiger partial charge is 0.330 e. The largest absolute Gasteiger partial charge is 0.387 e. The summed E-state index contributed by atoms with van der Waals surface area (Å²) in [6.45, 7) is -0.716. The Labute approximate surface area is 84.6 Å². The Kier molecular flexibility index (Phi) is 3.05. The van der Waals surface area contributed by atoms with Crippen molar-refractivity contribution in [3.63, 3.8) is 0 Å². The van der Waals surface area contributed by atoms with Gasteiger partial charge in [0.1, 0.15) is 12.3 Å². The summed E-state index contributed by atoms with van der Waals surface area (Å²) < 4.78 is 2.03. The topological polar surface area (TPSA) is 93.3 Å². The molecule has 0 atom stereocenters. The predicted molar refractivity (Wildman–Crippen MR) is 52.6 cm³/mol. The van der Waals surface area contributed by atoms with E-state index < -0.39 is 23.8 Å². The molecule has 1 amide bonds. The lowest BCUT2D eigenvalue weighted by molar-refractivity contribution is -0.118. The summed E-state index contributed by atoms with van der Waals surface area (Å²) in [6, 6.07) is 0. The summed E-state index contributed by atoms with van der Waals surface area (Å²) in [5.41, 5.74) is -1.14. The Hall–Kier alpha value is -1.89. The maximum Gasteiger partial charge on any atom is 0.330 e. The number of nitrogens with one attached hydrogen (secondary N) is 1. The number of hydrogen-bond donors (Lipinski definition) is 2. The molecule has 0 spiro atoms. The van der Waals surface area contributed by atoms with E-state index in [2.05, 4.69) is 5.32 Å². The van der Waals surface area contributed by atoms with E-state index in [4.69, 9.17) is 5.11 Å². The molecule has 1 aromatic rings. The molecule has 1 rings (SSSR count). The van der Waals surface area contributed by atoms with E-state index >= 15 is 0 Å². The molecule has 0 saturated carbocycles. The second-order valence-electron chi connectivity index (χ2n) is 3.01. The maximum absolute atomic E-state index is 11.4. The molecular formula is C8H11N3O4. The van der Waals surface area contributed by atoms with Crippen molar-refractivity contribution in [2.24, 2.45) is 14.1 Å². The van der Waals surface area contributed by atoms with Crippen molar-refractivity contribution in [2.75, 3.05) is 11.9 Å². The number of carbonyl (C=O) groups is 1. The van der Waals surface area contributed by atoms with Crippen LogP contribution in [-0.2, 0) is 18.9 Å². The van der Waals surface area contributed by atoms with Crippen molar-refractivity contribution < 1.29 is 9.90 Å². The Bertz CT molecular complexity index is 500. The quantitative estimate of drug-likeness (QED) is 0.595. The molecule has 0 aliphatic heterocycles. The van der Waals surface area contributed by atoms with Gasteiger partial charge >= 0.3 is 5.69 Å². The van der Waals surface area contributed by atoms with E-state index in [-0.39, 0.29) is 5.69 Å². The molecule has 0 aliphatic carbocycles. The molecule has 0 unspecified atom stereocenters. The molecule has 1 heterocycles. The number of hydrogen-bond acceptors (Lipinski definition) is 4. The maximum atomic E-state index is 11.4. The second kappa shape index (κ2) is 4.09. The summed E-state index contributed by atoms with van der Waals surface area (Å²) in [7, 11) is 2.76. The van der Waals surface area contributed by atoms with Gasteiger partial charge in [-0.25, -0.2) is 4.79 Å². The van der Waals surface area contributed by atoms with Crippen molar-refractivity contribution >= 4 is 11.6 Å². The third-order valence-corrected chi connectivity index (χ3v) is 1.86. The Morgan fingerprint density at radius 1 is 1.47 bits per heavy atom. The molecule has 15 heavy (non-hydrogen) atoms. The zero-order chi connectivity index (χ0) is 11.6. The number of nitrogens with zero attached hydrogens (tertiary/aromatic N) is 2. The molecule has 2 N–H and O–H groups in total. The highest BCUT2D eigenvalue weighted by molar-refractivity contribution is 5.91. The van der Waals surface area contributed by atoms with Crippen LogP contribution in [0.5, 0.6) is 0 Å². The summed E-state index contributed by atoms with van der Waals surface area (Å²) in [5.74, 6) is -0.703. The molecule has 0 bridgehead atoms. The fraction of sp³-hybridized carbons (Fsp3) is 0.375. The molecule has 82 valence electrons. The zero-order valence-corrected chi connectivity index (χ0v) is 8.35. The monoisotopic (exact) mass is 213 g/mol. The van der Waals surface area contributed by atoms with E-state index in [0.717, 1.165) is 9.13 Å². The van der Waals surface area contributed by atoms with E-state index in [0.29, 0.717) is 0 Å². The Balaban J connectivity index is 3.27. The number of rotatable bonds is 2. The van der Waals surface area contributed by atoms with E-state index in [1.54, 1.807) is 0 Å². The van der Waals surface area contributed by atoms with Gasteiger partial charge in [0.05, 0.1) is 0 Å². The first-order valence-electron chi connectivity index (χ1n) is 4.14. The Morgan fingerprint density at radius 3 is 2.60 bits per heavy atom. The lowest BCUT2D eigenvalue weighted by Gasteiger charge is -2.06. The third kappa shape index (κ3) is 2.13. The second-order valence-corrected chi connectivity index (χ2v) is 3.01. The lowest BCUT2D eigenvalue weighted by Crippen LogP contribution is -2.38. The molecule has 0 aromatic carbocycles. The standard InChI is InChI=1S/C8H11N3O4/c1-10-3-5(9-6(13)4-12)7(14)11(2)8(10)15/h3,12H,4H2,1-2H3,(H,9,13). The zero-order valence-electron chi connectivity index (χ0n) is 8.35. The first-order valence-corrected chi connectivity index (χ1v) is 4.14. The van der Waals surface area contributed by atoms with Gasteiger partial charge in [-0.2, -0.15) is 0 Å². The van der Waals surface area contributed by atoms with Crippen LogP contribution in [0.15, 0.2) is 15.8 Å². The minimum atomic E-state index is -0.716. The third-order valence-electron chi connectivity index (χ3n) is 1.86. The molecule has 1 aromatic heterocycles. The fourth-order valence-corrected chi connectivity index (χ4v) is 1.08. The molecule has 7 heteroatoms. The van der Waals surface area contributed by atoms with Gasteiger partial charge in [-0.15, -0.1) is 0 Å². The van der Waals surface area contributed by atoms with Crippen LogP contribution < -0.4 is 16.6 Å². The SMILES string of the molecule is Cn1cc(NC(=O)CO)c(=O)n(C)c1=O. The molecule has 7 nitrogen and oxygen atoms in total. The van der Waals surface area contributed by atoms with Crippen LogP contribution in [0.2, 0.25) is 0 Å². The van der Waals surface area contributed by atoms with Crippen molar-refractivity contribution in [2.45, 2.75) is 0 Å². The highest BCUT2D eigenvalue weighted by Gasteiger charge is 2.08. The molecule has 0 aliphatic rings. The molecule has 0 fully saturated rings. The number of aliphatic hydroxyl groups is 1. The lowest BCUT2D eigenvalue weighted by atomic mass is 10.4. The van der Waals surface area contributed by atoms with Gasteiger partial charge in [-0.3, -0.25) is 14.2 Å². The van der Waals surface area contributed by atoms with Gasteiger partial charge in [-0.1, -0.05) is 0 Å². The van der Waals surface area contributed by atoms with Crippen LogP contribution in [-0.4, -0.2) is 26.8 Å². The van der Waals surface area contributed by atoms with Gasteiger partial charge in [0.25, 0.3) is 5.56 Å². The van der Waals surface area contributed by atoms with Crippen molar-refractivity contribution in [1.29, 1.82) is 0 Å².